The summed E-state index contributed by atoms with van der Waals surface area (Å²) >= 11 is 5.83. The lowest BCUT2D eigenvalue weighted by atomic mass is 10.1. The zero-order chi connectivity index (χ0) is 17.1. The number of amides is 2. The van der Waals surface area contributed by atoms with Gasteiger partial charge < -0.3 is 15.0 Å². The topological polar surface area (TPSA) is 58.6 Å². The Bertz CT molecular complexity index is 774. The summed E-state index contributed by atoms with van der Waals surface area (Å²) in [5, 5.41) is 3.53. The van der Waals surface area contributed by atoms with Crippen molar-refractivity contribution in [3.63, 3.8) is 0 Å². The predicted octanol–water partition coefficient (Wildman–Crippen LogP) is 2.55. The van der Waals surface area contributed by atoms with Gasteiger partial charge in [0.05, 0.1) is 12.1 Å². The van der Waals surface area contributed by atoms with Crippen molar-refractivity contribution < 1.29 is 14.3 Å². The molecule has 1 heterocycles. The van der Waals surface area contributed by atoms with Gasteiger partial charge in [-0.1, -0.05) is 29.8 Å². The lowest BCUT2D eigenvalue weighted by Gasteiger charge is -2.26. The largest absolute Gasteiger partial charge is 0.482 e. The van der Waals surface area contributed by atoms with Gasteiger partial charge in [0.2, 0.25) is 5.91 Å². The monoisotopic (exact) mass is 344 g/mol. The smallest absolute Gasteiger partial charge is 0.264 e. The second-order valence-electron chi connectivity index (χ2n) is 5.62. The molecule has 6 heteroatoms. The third-order valence-electron chi connectivity index (χ3n) is 3.88. The van der Waals surface area contributed by atoms with Gasteiger partial charge in [0, 0.05) is 18.6 Å². The fourth-order valence-corrected chi connectivity index (χ4v) is 2.60. The van der Waals surface area contributed by atoms with E-state index in [1.165, 1.54) is 0 Å². The van der Waals surface area contributed by atoms with Crippen molar-refractivity contribution in [3.05, 3.63) is 58.6 Å². The molecule has 2 aromatic rings. The van der Waals surface area contributed by atoms with Crippen LogP contribution in [0, 0.1) is 0 Å². The number of carbonyl (C=O) groups excluding carboxylic acids is 2. The molecule has 0 bridgehead atoms. The fraction of sp³-hybridized carbons (Fsp3) is 0.222. The van der Waals surface area contributed by atoms with Crippen molar-refractivity contribution >= 4 is 29.1 Å². The lowest BCUT2D eigenvalue weighted by molar-refractivity contribution is -0.121. The Morgan fingerprint density at radius 3 is 2.67 bits per heavy atom. The first-order valence-electron chi connectivity index (χ1n) is 7.56. The van der Waals surface area contributed by atoms with E-state index in [9.17, 15) is 9.59 Å². The molecular formula is C18H17ClN2O3. The highest BCUT2D eigenvalue weighted by Crippen LogP contribution is 2.31. The van der Waals surface area contributed by atoms with Gasteiger partial charge >= 0.3 is 0 Å². The van der Waals surface area contributed by atoms with Gasteiger partial charge in [-0.05, 0) is 35.4 Å². The number of anilines is 1. The molecule has 0 aliphatic carbocycles. The highest BCUT2D eigenvalue weighted by molar-refractivity contribution is 6.30. The number of hydrogen-bond donors (Lipinski definition) is 1. The standard InChI is InChI=1S/C18H17ClN2O3/c1-21-15-8-13(4-7-16(15)24-11-18(21)23)10-20-17(22)9-12-2-5-14(19)6-3-12/h2-8H,9-11H2,1H3,(H,20,22). The SMILES string of the molecule is CN1C(=O)COc2ccc(CNC(=O)Cc3ccc(Cl)cc3)cc21. The molecule has 5 nitrogen and oxygen atoms in total. The summed E-state index contributed by atoms with van der Waals surface area (Å²) in [5.41, 5.74) is 2.53. The number of likely N-dealkylation sites (N-methyl/N-ethyl adjacent to an activating group) is 1. The lowest BCUT2D eigenvalue weighted by Crippen LogP contribution is -2.35. The van der Waals surface area contributed by atoms with Gasteiger partial charge in [-0.3, -0.25) is 9.59 Å². The molecule has 3 rings (SSSR count). The van der Waals surface area contributed by atoms with Crippen LogP contribution in [0.5, 0.6) is 5.75 Å². The van der Waals surface area contributed by atoms with Crippen LogP contribution in [0.25, 0.3) is 0 Å². The van der Waals surface area contributed by atoms with Crippen LogP contribution in [0.15, 0.2) is 42.5 Å². The van der Waals surface area contributed by atoms with E-state index in [4.69, 9.17) is 16.3 Å². The summed E-state index contributed by atoms with van der Waals surface area (Å²) in [5.74, 6) is 0.510. The first-order chi connectivity index (χ1) is 11.5. The summed E-state index contributed by atoms with van der Waals surface area (Å²) in [6.45, 7) is 0.447. The van der Waals surface area contributed by atoms with Gasteiger partial charge in [0.25, 0.3) is 5.91 Å². The molecule has 0 unspecified atom stereocenters. The number of ether oxygens (including phenoxy) is 1. The molecule has 2 amide bonds. The van der Waals surface area contributed by atoms with E-state index >= 15 is 0 Å². The van der Waals surface area contributed by atoms with Crippen molar-refractivity contribution in [3.8, 4) is 5.75 Å². The maximum absolute atomic E-state index is 12.0. The molecule has 0 saturated heterocycles. The number of nitrogens with zero attached hydrogens (tertiary/aromatic N) is 1. The number of nitrogens with one attached hydrogen (secondary N) is 1. The molecule has 0 aromatic heterocycles. The number of rotatable bonds is 4. The minimum atomic E-state index is -0.0913. The second-order valence-corrected chi connectivity index (χ2v) is 6.06. The van der Waals surface area contributed by atoms with E-state index in [2.05, 4.69) is 5.32 Å². The van der Waals surface area contributed by atoms with E-state index in [1.807, 2.05) is 30.3 Å². The number of benzene rings is 2. The third kappa shape index (κ3) is 3.68. The van der Waals surface area contributed by atoms with Crippen molar-refractivity contribution in [2.75, 3.05) is 18.6 Å². The maximum atomic E-state index is 12.0. The molecule has 0 atom stereocenters. The molecule has 0 radical (unpaired) electrons. The zero-order valence-electron chi connectivity index (χ0n) is 13.2. The molecule has 124 valence electrons. The van der Waals surface area contributed by atoms with Crippen LogP contribution in [0.1, 0.15) is 11.1 Å². The Hall–Kier alpha value is -2.53. The fourth-order valence-electron chi connectivity index (χ4n) is 2.48. The Morgan fingerprint density at radius 2 is 1.92 bits per heavy atom. The second kappa shape index (κ2) is 6.93. The van der Waals surface area contributed by atoms with Crippen LogP contribution in [0.4, 0.5) is 5.69 Å². The Balaban J connectivity index is 1.61. The van der Waals surface area contributed by atoms with Crippen LogP contribution in [0.2, 0.25) is 5.02 Å². The van der Waals surface area contributed by atoms with E-state index < -0.39 is 0 Å². The van der Waals surface area contributed by atoms with Crippen molar-refractivity contribution in [2.45, 2.75) is 13.0 Å². The molecule has 0 spiro atoms. The van der Waals surface area contributed by atoms with Gasteiger partial charge in [0.15, 0.2) is 6.61 Å². The van der Waals surface area contributed by atoms with E-state index in [-0.39, 0.29) is 18.4 Å². The van der Waals surface area contributed by atoms with Crippen molar-refractivity contribution in [2.24, 2.45) is 0 Å². The number of carbonyl (C=O) groups is 2. The summed E-state index contributed by atoms with van der Waals surface area (Å²) < 4.78 is 5.39. The van der Waals surface area contributed by atoms with Gasteiger partial charge in [0.1, 0.15) is 5.75 Å². The molecule has 1 N–H and O–H groups in total. The molecule has 0 saturated carbocycles. The summed E-state index contributed by atoms with van der Waals surface area (Å²) in [6, 6.07) is 12.7. The minimum absolute atomic E-state index is 0.0562. The summed E-state index contributed by atoms with van der Waals surface area (Å²) in [7, 11) is 1.71. The molecular weight excluding hydrogens is 328 g/mol. The Kier molecular flexibility index (Phi) is 4.71. The van der Waals surface area contributed by atoms with E-state index in [0.29, 0.717) is 23.7 Å². The summed E-state index contributed by atoms with van der Waals surface area (Å²) in [6.07, 6.45) is 0.295. The van der Waals surface area contributed by atoms with Crippen LogP contribution < -0.4 is 15.0 Å². The van der Waals surface area contributed by atoms with Crippen LogP contribution in [-0.4, -0.2) is 25.5 Å². The first kappa shape index (κ1) is 16.3. The summed E-state index contributed by atoms with van der Waals surface area (Å²) in [4.78, 5) is 25.3. The molecule has 2 aromatic carbocycles. The minimum Gasteiger partial charge on any atom is -0.482 e. The Morgan fingerprint density at radius 1 is 1.21 bits per heavy atom. The van der Waals surface area contributed by atoms with Crippen LogP contribution in [-0.2, 0) is 22.6 Å². The Labute approximate surface area is 145 Å². The normalized spacial score (nSPS) is 13.2. The average Bonchev–Trinajstić information content (AvgIpc) is 2.59. The van der Waals surface area contributed by atoms with Crippen LogP contribution >= 0.6 is 11.6 Å². The highest BCUT2D eigenvalue weighted by Gasteiger charge is 2.22. The number of halogens is 1. The molecule has 0 fully saturated rings. The molecule has 1 aliphatic heterocycles. The van der Waals surface area contributed by atoms with E-state index in [0.717, 1.165) is 16.8 Å². The maximum Gasteiger partial charge on any atom is 0.264 e. The molecule has 1 aliphatic rings. The number of hydrogen-bond acceptors (Lipinski definition) is 3. The quantitative estimate of drug-likeness (QED) is 0.927. The van der Waals surface area contributed by atoms with Crippen molar-refractivity contribution in [1.29, 1.82) is 0 Å². The van der Waals surface area contributed by atoms with Gasteiger partial charge in [-0.25, -0.2) is 0 Å². The average molecular weight is 345 g/mol. The van der Waals surface area contributed by atoms with Crippen LogP contribution in [0.3, 0.4) is 0 Å². The number of fused-ring (bicyclic) bond motifs is 1. The molecule has 24 heavy (non-hydrogen) atoms. The zero-order valence-corrected chi connectivity index (χ0v) is 14.0. The van der Waals surface area contributed by atoms with Crippen molar-refractivity contribution in [1.82, 2.24) is 5.32 Å². The predicted molar refractivity (Wildman–Crippen MR) is 92.3 cm³/mol. The first-order valence-corrected chi connectivity index (χ1v) is 7.94. The van der Waals surface area contributed by atoms with Gasteiger partial charge in [-0.2, -0.15) is 0 Å². The van der Waals surface area contributed by atoms with E-state index in [1.54, 1.807) is 24.1 Å². The van der Waals surface area contributed by atoms with Gasteiger partial charge in [-0.15, -0.1) is 0 Å². The third-order valence-corrected chi connectivity index (χ3v) is 4.13. The highest BCUT2D eigenvalue weighted by atomic mass is 35.5.